The lowest BCUT2D eigenvalue weighted by molar-refractivity contribution is -0.155. The molecule has 2 aliphatic rings. The molecule has 1 N–H and O–H groups in total. The number of ether oxygens (including phenoxy) is 2. The molecule has 1 amide bonds. The largest absolute Gasteiger partial charge is 0.487 e. The molecule has 2 heterocycles. The molecule has 0 spiro atoms. The summed E-state index contributed by atoms with van der Waals surface area (Å²) in [5.74, 6) is 0.375. The zero-order chi connectivity index (χ0) is 23.1. The van der Waals surface area contributed by atoms with Gasteiger partial charge in [-0.2, -0.15) is 0 Å². The number of amides is 1. The number of carbonyl (C=O) groups excluding carboxylic acids is 1. The van der Waals surface area contributed by atoms with Crippen LogP contribution in [-0.4, -0.2) is 26.0 Å². The quantitative estimate of drug-likeness (QED) is 0.668. The Balaban J connectivity index is 1.49. The smallest absolute Gasteiger partial charge is 0.264 e. The summed E-state index contributed by atoms with van der Waals surface area (Å²) in [6.07, 6.45) is 1.80. The molecule has 32 heavy (non-hydrogen) atoms. The highest BCUT2D eigenvalue weighted by Gasteiger charge is 2.47. The number of hydrogen-bond acceptors (Lipinski definition) is 5. The van der Waals surface area contributed by atoms with E-state index < -0.39 is 21.5 Å². The maximum absolute atomic E-state index is 12.6. The number of aryl methyl sites for hydroxylation is 1. The van der Waals surface area contributed by atoms with Gasteiger partial charge in [-0.05, 0) is 75.1 Å². The van der Waals surface area contributed by atoms with Gasteiger partial charge in [-0.3, -0.25) is 4.79 Å². The number of nitrogens with one attached hydrogen (secondary N) is 1. The van der Waals surface area contributed by atoms with Crippen LogP contribution in [0.1, 0.15) is 57.3 Å². The Morgan fingerprint density at radius 1 is 1.16 bits per heavy atom. The number of halogens is 1. The molecule has 0 saturated carbocycles. The van der Waals surface area contributed by atoms with E-state index in [-0.39, 0.29) is 29.4 Å². The summed E-state index contributed by atoms with van der Waals surface area (Å²) in [6.45, 7) is 6.23. The van der Waals surface area contributed by atoms with Gasteiger partial charge in [0.1, 0.15) is 11.4 Å². The van der Waals surface area contributed by atoms with Crippen LogP contribution in [0.15, 0.2) is 47.4 Å². The predicted molar refractivity (Wildman–Crippen MR) is 122 cm³/mol. The van der Waals surface area contributed by atoms with Crippen LogP contribution in [0.25, 0.3) is 0 Å². The van der Waals surface area contributed by atoms with Crippen molar-refractivity contribution in [1.29, 1.82) is 0 Å². The number of benzene rings is 2. The molecular weight excluding hydrogens is 450 g/mol. The fourth-order valence-electron chi connectivity index (χ4n) is 4.60. The Labute approximate surface area is 194 Å². The second kappa shape index (κ2) is 8.69. The van der Waals surface area contributed by atoms with Gasteiger partial charge in [0.05, 0.1) is 23.5 Å². The van der Waals surface area contributed by atoms with Gasteiger partial charge in [0.2, 0.25) is 5.91 Å². The number of rotatable bonds is 5. The molecule has 0 aliphatic carbocycles. The van der Waals surface area contributed by atoms with E-state index in [4.69, 9.17) is 21.1 Å². The summed E-state index contributed by atoms with van der Waals surface area (Å²) in [4.78, 5) is 12.6. The Morgan fingerprint density at radius 2 is 1.88 bits per heavy atom. The third-order valence-corrected chi connectivity index (χ3v) is 7.99. The second-order valence-corrected chi connectivity index (χ2v) is 11.1. The first kappa shape index (κ1) is 23.1. The van der Waals surface area contributed by atoms with Crippen molar-refractivity contribution in [1.82, 2.24) is 4.72 Å². The minimum atomic E-state index is -3.96. The average molecular weight is 478 g/mol. The van der Waals surface area contributed by atoms with Gasteiger partial charge >= 0.3 is 0 Å². The van der Waals surface area contributed by atoms with Crippen LogP contribution in [0.5, 0.6) is 5.75 Å². The normalized spacial score (nSPS) is 24.1. The van der Waals surface area contributed by atoms with Crippen molar-refractivity contribution in [3.63, 3.8) is 0 Å². The van der Waals surface area contributed by atoms with Crippen LogP contribution in [-0.2, 0) is 26.0 Å². The van der Waals surface area contributed by atoms with Gasteiger partial charge in [-0.15, -0.1) is 0 Å². The minimum Gasteiger partial charge on any atom is -0.487 e. The standard InChI is InChI=1S/C24H28ClNO5S/c1-4-15-5-12-21-19(13-15)23-20(24(2,3)31-21)11-8-17(30-23)14-22(27)26-32(28,29)18-9-6-16(25)7-10-18/h5-7,9-10,12-13,17,20,23H,4,8,11,14H2,1-3H3,(H,26,27)/t17-,20+,23-/m1/s1. The molecule has 6 nitrogen and oxygen atoms in total. The molecule has 1 fully saturated rings. The van der Waals surface area contributed by atoms with E-state index in [1.165, 1.54) is 29.8 Å². The number of sulfonamides is 1. The van der Waals surface area contributed by atoms with Crippen molar-refractivity contribution < 1.29 is 22.7 Å². The third kappa shape index (κ3) is 4.65. The van der Waals surface area contributed by atoms with Gasteiger partial charge in [-0.1, -0.05) is 24.6 Å². The highest BCUT2D eigenvalue weighted by molar-refractivity contribution is 7.90. The van der Waals surface area contributed by atoms with Crippen molar-refractivity contribution in [2.24, 2.45) is 5.92 Å². The van der Waals surface area contributed by atoms with Crippen LogP contribution in [0.4, 0.5) is 0 Å². The Hall–Kier alpha value is -2.09. The van der Waals surface area contributed by atoms with Gasteiger partial charge in [-0.25, -0.2) is 13.1 Å². The topological polar surface area (TPSA) is 81.7 Å². The molecule has 2 aromatic rings. The fraction of sp³-hybridized carbons (Fsp3) is 0.458. The van der Waals surface area contributed by atoms with Gasteiger partial charge in [0.15, 0.2) is 0 Å². The lowest BCUT2D eigenvalue weighted by atomic mass is 9.74. The highest BCUT2D eigenvalue weighted by atomic mass is 35.5. The van der Waals surface area contributed by atoms with E-state index in [1.54, 1.807) is 0 Å². The first-order valence-electron chi connectivity index (χ1n) is 10.9. The molecule has 2 aliphatic heterocycles. The summed E-state index contributed by atoms with van der Waals surface area (Å²) in [5.41, 5.74) is 1.81. The molecular formula is C24H28ClNO5S. The van der Waals surface area contributed by atoms with E-state index in [0.717, 1.165) is 24.2 Å². The molecule has 1 saturated heterocycles. The summed E-state index contributed by atoms with van der Waals surface area (Å²) in [7, 11) is -3.96. The lowest BCUT2D eigenvalue weighted by Gasteiger charge is -2.48. The van der Waals surface area contributed by atoms with Crippen molar-refractivity contribution in [3.8, 4) is 5.75 Å². The third-order valence-electron chi connectivity index (χ3n) is 6.34. The molecule has 0 bridgehead atoms. The van der Waals surface area contributed by atoms with E-state index in [1.807, 2.05) is 6.07 Å². The van der Waals surface area contributed by atoms with Gasteiger partial charge < -0.3 is 9.47 Å². The number of fused-ring (bicyclic) bond motifs is 3. The zero-order valence-electron chi connectivity index (χ0n) is 18.4. The Bertz CT molecular complexity index is 1110. The van der Waals surface area contributed by atoms with Crippen LogP contribution >= 0.6 is 11.6 Å². The lowest BCUT2D eigenvalue weighted by Crippen LogP contribution is -2.49. The first-order chi connectivity index (χ1) is 15.1. The number of hydrogen-bond donors (Lipinski definition) is 1. The highest BCUT2D eigenvalue weighted by Crippen LogP contribution is 2.51. The van der Waals surface area contributed by atoms with E-state index in [2.05, 4.69) is 37.6 Å². The molecule has 4 rings (SSSR count). The summed E-state index contributed by atoms with van der Waals surface area (Å²) in [6, 6.07) is 11.8. The Morgan fingerprint density at radius 3 is 2.56 bits per heavy atom. The van der Waals surface area contributed by atoms with Crippen LogP contribution in [0.3, 0.4) is 0 Å². The minimum absolute atomic E-state index is 0.00734. The second-order valence-electron chi connectivity index (χ2n) is 8.98. The van der Waals surface area contributed by atoms with E-state index in [9.17, 15) is 13.2 Å². The average Bonchev–Trinajstić information content (AvgIpc) is 2.73. The SMILES string of the molecule is CCc1ccc2c(c1)[C@H]1O[C@@H](CC(=O)NS(=O)(=O)c3ccc(Cl)cc3)CC[C@@H]1C(C)(C)O2. The molecule has 8 heteroatoms. The molecule has 2 aromatic carbocycles. The van der Waals surface area contributed by atoms with Crippen molar-refractivity contribution in [2.75, 3.05) is 0 Å². The van der Waals surface area contributed by atoms with Gasteiger partial charge in [0, 0.05) is 16.5 Å². The summed E-state index contributed by atoms with van der Waals surface area (Å²) in [5, 5.41) is 0.423. The maximum Gasteiger partial charge on any atom is 0.264 e. The van der Waals surface area contributed by atoms with E-state index in [0.29, 0.717) is 11.4 Å². The molecule has 0 unspecified atom stereocenters. The van der Waals surface area contributed by atoms with Crippen LogP contribution in [0, 0.1) is 5.92 Å². The van der Waals surface area contributed by atoms with E-state index >= 15 is 0 Å². The number of carbonyl (C=O) groups is 1. The van der Waals surface area contributed by atoms with Crippen molar-refractivity contribution in [2.45, 2.75) is 69.2 Å². The summed E-state index contributed by atoms with van der Waals surface area (Å²) >= 11 is 5.82. The Kier molecular flexibility index (Phi) is 6.27. The fourth-order valence-corrected chi connectivity index (χ4v) is 5.72. The predicted octanol–water partition coefficient (Wildman–Crippen LogP) is 4.80. The summed E-state index contributed by atoms with van der Waals surface area (Å²) < 4.78 is 39.9. The van der Waals surface area contributed by atoms with Crippen LogP contribution < -0.4 is 9.46 Å². The van der Waals surface area contributed by atoms with Crippen LogP contribution in [0.2, 0.25) is 5.02 Å². The molecule has 0 radical (unpaired) electrons. The molecule has 172 valence electrons. The van der Waals surface area contributed by atoms with Gasteiger partial charge in [0.25, 0.3) is 10.0 Å². The first-order valence-corrected chi connectivity index (χ1v) is 12.7. The molecule has 0 aromatic heterocycles. The maximum atomic E-state index is 12.6. The van der Waals surface area contributed by atoms with Crippen molar-refractivity contribution >= 4 is 27.5 Å². The van der Waals surface area contributed by atoms with Crippen molar-refractivity contribution in [3.05, 3.63) is 58.6 Å². The molecule has 3 atom stereocenters. The zero-order valence-corrected chi connectivity index (χ0v) is 20.0. The monoisotopic (exact) mass is 477 g/mol.